The summed E-state index contributed by atoms with van der Waals surface area (Å²) in [7, 11) is 0. The highest BCUT2D eigenvalue weighted by Crippen LogP contribution is 2.42. The van der Waals surface area contributed by atoms with Crippen LogP contribution in [0.3, 0.4) is 0 Å². The molecule has 150 valence electrons. The van der Waals surface area contributed by atoms with Crippen molar-refractivity contribution in [1.29, 1.82) is 0 Å². The lowest BCUT2D eigenvalue weighted by atomic mass is 9.72. The smallest absolute Gasteiger partial charge is 0.0845 e. The first-order valence-corrected chi connectivity index (χ1v) is 10.9. The van der Waals surface area contributed by atoms with Gasteiger partial charge in [-0.1, -0.05) is 73.5 Å². The molecule has 0 aromatic heterocycles. The van der Waals surface area contributed by atoms with Gasteiger partial charge in [0.25, 0.3) is 0 Å². The van der Waals surface area contributed by atoms with Crippen molar-refractivity contribution in [3.05, 3.63) is 88.5 Å². The topological polar surface area (TPSA) is 15.6 Å². The molecule has 0 radical (unpaired) electrons. The molecule has 0 amide bonds. The van der Waals surface area contributed by atoms with Crippen molar-refractivity contribution in [2.24, 2.45) is 10.5 Å². The normalized spacial score (nSPS) is 21.7. The first-order chi connectivity index (χ1) is 14.0. The first kappa shape index (κ1) is 20.0. The van der Waals surface area contributed by atoms with E-state index in [2.05, 4.69) is 74.3 Å². The van der Waals surface area contributed by atoms with Crippen molar-refractivity contribution in [3.63, 3.8) is 0 Å². The molecule has 3 heteroatoms. The van der Waals surface area contributed by atoms with E-state index in [4.69, 9.17) is 16.7 Å². The Morgan fingerprint density at radius 1 is 1.03 bits per heavy atom. The average Bonchev–Trinajstić information content (AvgIpc) is 3.12. The molecule has 2 aromatic carbocycles. The quantitative estimate of drug-likeness (QED) is 0.508. The fraction of sp³-hybridized carbons (Fsp3) is 0.346. The van der Waals surface area contributed by atoms with E-state index in [1.165, 1.54) is 30.4 Å². The summed E-state index contributed by atoms with van der Waals surface area (Å²) in [6.45, 7) is 6.99. The number of hydrogen-bond donors (Lipinski definition) is 0. The lowest BCUT2D eigenvalue weighted by Gasteiger charge is -2.32. The Hall–Kier alpha value is -2.32. The summed E-state index contributed by atoms with van der Waals surface area (Å²) in [5, 5.41) is 7.91. The van der Waals surface area contributed by atoms with Crippen LogP contribution >= 0.6 is 11.6 Å². The summed E-state index contributed by atoms with van der Waals surface area (Å²) in [6.07, 6.45) is 9.11. The van der Waals surface area contributed by atoms with Crippen molar-refractivity contribution in [3.8, 4) is 0 Å². The Morgan fingerprint density at radius 2 is 1.76 bits per heavy atom. The summed E-state index contributed by atoms with van der Waals surface area (Å²) in [4.78, 5) is 0. The van der Waals surface area contributed by atoms with E-state index in [1.807, 2.05) is 18.2 Å². The number of anilines is 1. The minimum absolute atomic E-state index is 0.111. The molecule has 0 saturated carbocycles. The van der Waals surface area contributed by atoms with Crippen LogP contribution in [0.5, 0.6) is 0 Å². The minimum atomic E-state index is 0.111. The van der Waals surface area contributed by atoms with Gasteiger partial charge in [0, 0.05) is 11.4 Å². The number of hydrazone groups is 1. The number of hydrogen-bond acceptors (Lipinski definition) is 2. The second-order valence-corrected chi connectivity index (χ2v) is 9.18. The van der Waals surface area contributed by atoms with Crippen LogP contribution in [0.1, 0.15) is 58.1 Å². The molecule has 0 N–H and O–H groups in total. The molecule has 0 spiro atoms. The van der Waals surface area contributed by atoms with Crippen LogP contribution in [0.4, 0.5) is 5.69 Å². The van der Waals surface area contributed by atoms with Crippen molar-refractivity contribution < 1.29 is 0 Å². The van der Waals surface area contributed by atoms with Gasteiger partial charge in [0.15, 0.2) is 0 Å². The molecule has 1 aliphatic carbocycles. The zero-order valence-electron chi connectivity index (χ0n) is 17.5. The summed E-state index contributed by atoms with van der Waals surface area (Å²) < 4.78 is 0. The number of para-hydroxylation sites is 1. The second kappa shape index (κ2) is 8.20. The van der Waals surface area contributed by atoms with Crippen molar-refractivity contribution in [1.82, 2.24) is 0 Å². The van der Waals surface area contributed by atoms with Crippen molar-refractivity contribution in [2.75, 3.05) is 5.01 Å². The summed E-state index contributed by atoms with van der Waals surface area (Å²) in [5.74, 6) is 0. The molecule has 29 heavy (non-hydrogen) atoms. The van der Waals surface area contributed by atoms with E-state index >= 15 is 0 Å². The molecule has 2 aliphatic rings. The molecule has 1 atom stereocenters. The zero-order valence-corrected chi connectivity index (χ0v) is 18.3. The molecule has 1 unspecified atom stereocenters. The van der Waals surface area contributed by atoms with E-state index < -0.39 is 0 Å². The molecule has 4 rings (SSSR count). The number of halogens is 1. The zero-order chi connectivity index (χ0) is 20.4. The molecular formula is C26H29ClN2. The maximum Gasteiger partial charge on any atom is 0.0845 e. The number of allylic oxidation sites excluding steroid dienone is 4. The van der Waals surface area contributed by atoms with Crippen LogP contribution in [0.25, 0.3) is 0 Å². The molecule has 0 saturated heterocycles. The third-order valence-electron chi connectivity index (χ3n) is 6.20. The Kier molecular flexibility index (Phi) is 5.65. The largest absolute Gasteiger partial charge is 0.257 e. The summed E-state index contributed by atoms with van der Waals surface area (Å²) >= 11 is 6.56. The second-order valence-electron chi connectivity index (χ2n) is 8.78. The molecule has 2 aromatic rings. The lowest BCUT2D eigenvalue weighted by molar-refractivity contribution is 0.377. The van der Waals surface area contributed by atoms with Gasteiger partial charge < -0.3 is 0 Å². The summed E-state index contributed by atoms with van der Waals surface area (Å²) in [6, 6.07) is 18.6. The van der Waals surface area contributed by atoms with Gasteiger partial charge in [0.1, 0.15) is 0 Å². The fourth-order valence-electron chi connectivity index (χ4n) is 4.63. The fourth-order valence-corrected chi connectivity index (χ4v) is 4.89. The predicted molar refractivity (Wildman–Crippen MR) is 125 cm³/mol. The van der Waals surface area contributed by atoms with Gasteiger partial charge in [-0.05, 0) is 67.0 Å². The molecule has 2 nitrogen and oxygen atoms in total. The van der Waals surface area contributed by atoms with Crippen molar-refractivity contribution >= 4 is 23.0 Å². The molecule has 1 aliphatic heterocycles. The van der Waals surface area contributed by atoms with Gasteiger partial charge in [0.2, 0.25) is 0 Å². The van der Waals surface area contributed by atoms with Gasteiger partial charge in [-0.2, -0.15) is 5.10 Å². The predicted octanol–water partition coefficient (Wildman–Crippen LogP) is 7.73. The number of rotatable bonds is 4. The highest BCUT2D eigenvalue weighted by molar-refractivity contribution is 6.31. The van der Waals surface area contributed by atoms with Crippen molar-refractivity contribution in [2.45, 2.75) is 52.5 Å². The van der Waals surface area contributed by atoms with Crippen LogP contribution in [0, 0.1) is 5.41 Å². The van der Waals surface area contributed by atoms with Crippen LogP contribution in [0.2, 0.25) is 5.02 Å². The highest BCUT2D eigenvalue weighted by atomic mass is 35.5. The molecule has 0 fully saturated rings. The van der Waals surface area contributed by atoms with Gasteiger partial charge >= 0.3 is 0 Å². The Bertz CT molecular complexity index is 969. The van der Waals surface area contributed by atoms with E-state index in [9.17, 15) is 0 Å². The van der Waals surface area contributed by atoms with Crippen LogP contribution < -0.4 is 5.01 Å². The number of nitrogens with zero attached hydrogens (tertiary/aromatic N) is 2. The van der Waals surface area contributed by atoms with Crippen LogP contribution in [0.15, 0.2) is 83.0 Å². The Balaban J connectivity index is 1.67. The number of benzene rings is 2. The van der Waals surface area contributed by atoms with Crippen LogP contribution in [-0.4, -0.2) is 5.71 Å². The van der Waals surface area contributed by atoms with E-state index in [1.54, 1.807) is 0 Å². The minimum Gasteiger partial charge on any atom is -0.257 e. The Labute approximate surface area is 179 Å². The monoisotopic (exact) mass is 404 g/mol. The third-order valence-corrected chi connectivity index (χ3v) is 6.55. The van der Waals surface area contributed by atoms with E-state index in [-0.39, 0.29) is 11.5 Å². The molecule has 1 heterocycles. The maximum absolute atomic E-state index is 6.56. The van der Waals surface area contributed by atoms with Gasteiger partial charge in [-0.25, -0.2) is 0 Å². The standard InChI is InChI=1S/C26H29ClN2/c1-19-10-9-17-26(2,3)23(19)16-15-20-18-25(22-13-7-8-14-24(22)27)29(28-20)21-11-5-4-6-12-21/h4-8,11-16,25H,9-10,17-18H2,1-3H3/b16-15+. The highest BCUT2D eigenvalue weighted by Gasteiger charge is 2.30. The summed E-state index contributed by atoms with van der Waals surface area (Å²) in [5.41, 5.74) is 6.53. The Morgan fingerprint density at radius 3 is 2.48 bits per heavy atom. The molecular weight excluding hydrogens is 376 g/mol. The van der Waals surface area contributed by atoms with Gasteiger partial charge in [-0.15, -0.1) is 0 Å². The van der Waals surface area contributed by atoms with Crippen LogP contribution in [-0.2, 0) is 0 Å². The van der Waals surface area contributed by atoms with Gasteiger partial charge in [-0.3, -0.25) is 5.01 Å². The van der Waals surface area contributed by atoms with E-state index in [0.29, 0.717) is 0 Å². The SMILES string of the molecule is CC1=C(/C=C/C2=NN(c3ccccc3)C(c3ccccc3Cl)C2)C(C)(C)CCC1. The molecule has 0 bridgehead atoms. The first-order valence-electron chi connectivity index (χ1n) is 10.5. The maximum atomic E-state index is 6.56. The lowest BCUT2D eigenvalue weighted by Crippen LogP contribution is -2.19. The van der Waals surface area contributed by atoms with E-state index in [0.717, 1.165) is 28.4 Å². The average molecular weight is 405 g/mol. The third kappa shape index (κ3) is 4.18. The van der Waals surface area contributed by atoms with Gasteiger partial charge in [0.05, 0.1) is 17.4 Å².